The van der Waals surface area contributed by atoms with Crippen LogP contribution in [0.4, 0.5) is 18.9 Å². The molecule has 180 valence electrons. The maximum absolute atomic E-state index is 13.5. The van der Waals surface area contributed by atoms with E-state index in [0.717, 1.165) is 37.8 Å². The first-order valence-corrected chi connectivity index (χ1v) is 10.8. The summed E-state index contributed by atoms with van der Waals surface area (Å²) in [6.07, 6.45) is -1.31. The van der Waals surface area contributed by atoms with E-state index in [1.165, 1.54) is 13.2 Å². The van der Waals surface area contributed by atoms with Crippen molar-refractivity contribution in [1.82, 2.24) is 5.32 Å². The molecule has 1 saturated carbocycles. The Morgan fingerprint density at radius 3 is 2.28 bits per heavy atom. The summed E-state index contributed by atoms with van der Waals surface area (Å²) in [5, 5.41) is 6.19. The van der Waals surface area contributed by atoms with Gasteiger partial charge in [0.15, 0.2) is 0 Å². The van der Waals surface area contributed by atoms with Crippen LogP contribution in [-0.2, 0) is 20.4 Å². The number of esters is 2. The number of ether oxygens (including phenoxy) is 2. The largest absolute Gasteiger partial charge is 0.465 e. The number of benzene rings is 1. The van der Waals surface area contributed by atoms with Gasteiger partial charge in [-0.05, 0) is 77.5 Å². The molecule has 2 rings (SSSR count). The Hall–Kier alpha value is -2.29. The molecule has 0 aromatic heterocycles. The van der Waals surface area contributed by atoms with Gasteiger partial charge in [-0.15, -0.1) is 0 Å². The molecule has 1 aliphatic rings. The van der Waals surface area contributed by atoms with Gasteiger partial charge in [0, 0.05) is 17.8 Å². The van der Waals surface area contributed by atoms with Gasteiger partial charge >= 0.3 is 18.1 Å². The Morgan fingerprint density at radius 2 is 1.75 bits per heavy atom. The predicted molar refractivity (Wildman–Crippen MR) is 115 cm³/mol. The second-order valence-electron chi connectivity index (χ2n) is 9.26. The van der Waals surface area contributed by atoms with Crippen LogP contribution in [0, 0.1) is 5.92 Å². The van der Waals surface area contributed by atoms with Gasteiger partial charge in [0.2, 0.25) is 0 Å². The van der Waals surface area contributed by atoms with Crippen LogP contribution in [0.5, 0.6) is 0 Å². The minimum Gasteiger partial charge on any atom is -0.465 e. The molecule has 32 heavy (non-hydrogen) atoms. The first kappa shape index (κ1) is 26.0. The number of nitrogens with one attached hydrogen (secondary N) is 2. The molecule has 1 fully saturated rings. The molecule has 0 spiro atoms. The smallest absolute Gasteiger partial charge is 0.418 e. The molecule has 9 heteroatoms. The predicted octanol–water partition coefficient (Wildman–Crippen LogP) is 4.78. The summed E-state index contributed by atoms with van der Waals surface area (Å²) in [5.41, 5.74) is -1.41. The number of rotatable bonds is 7. The van der Waals surface area contributed by atoms with Crippen molar-refractivity contribution < 1.29 is 32.2 Å². The third-order valence-corrected chi connectivity index (χ3v) is 5.56. The zero-order valence-corrected chi connectivity index (χ0v) is 19.3. The second kappa shape index (κ2) is 10.6. The maximum atomic E-state index is 13.5. The Morgan fingerprint density at radius 1 is 1.12 bits per heavy atom. The normalized spacial score (nSPS) is 20.4. The lowest BCUT2D eigenvalue weighted by Gasteiger charge is -2.34. The summed E-state index contributed by atoms with van der Waals surface area (Å²) >= 11 is 0. The number of hydrogen-bond donors (Lipinski definition) is 2. The van der Waals surface area contributed by atoms with E-state index in [4.69, 9.17) is 4.74 Å². The molecule has 0 unspecified atom stereocenters. The zero-order valence-electron chi connectivity index (χ0n) is 19.3. The second-order valence-corrected chi connectivity index (χ2v) is 9.26. The minimum absolute atomic E-state index is 0.0604. The maximum Gasteiger partial charge on any atom is 0.418 e. The molecule has 2 N–H and O–H groups in total. The van der Waals surface area contributed by atoms with Crippen molar-refractivity contribution in [3.05, 3.63) is 29.3 Å². The molecular formula is C23H33F3N2O4. The van der Waals surface area contributed by atoms with Crippen LogP contribution < -0.4 is 10.6 Å². The van der Waals surface area contributed by atoms with E-state index in [1.54, 1.807) is 0 Å². The number of carbonyl (C=O) groups is 2. The van der Waals surface area contributed by atoms with Crippen molar-refractivity contribution in [3.8, 4) is 0 Å². The van der Waals surface area contributed by atoms with Crippen LogP contribution in [0.1, 0.15) is 69.3 Å². The van der Waals surface area contributed by atoms with Gasteiger partial charge in [0.1, 0.15) is 5.60 Å². The van der Waals surface area contributed by atoms with Gasteiger partial charge in [-0.1, -0.05) is 0 Å². The standard InChI is InChI=1S/C23H33F3N2O4/c1-14(15-6-9-17(10-7-15)27-13-20(29)32-22(2,3)4)28-19-12-16(21(30)31-5)8-11-18(19)23(24,25)26/h8,11-12,14-15,17,27-28H,6-7,9-10,13H2,1-5H3/t14-,15?,17?/m0/s1. The van der Waals surface area contributed by atoms with E-state index in [9.17, 15) is 22.8 Å². The summed E-state index contributed by atoms with van der Waals surface area (Å²) in [6.45, 7) is 7.43. The highest BCUT2D eigenvalue weighted by Gasteiger charge is 2.35. The minimum atomic E-state index is -4.54. The van der Waals surface area contributed by atoms with Crippen molar-refractivity contribution in [2.45, 2.75) is 77.2 Å². The summed E-state index contributed by atoms with van der Waals surface area (Å²) in [7, 11) is 1.19. The fourth-order valence-corrected chi connectivity index (χ4v) is 3.95. The molecule has 1 atom stereocenters. The van der Waals surface area contributed by atoms with Crippen LogP contribution in [0.2, 0.25) is 0 Å². The highest BCUT2D eigenvalue weighted by Crippen LogP contribution is 2.37. The van der Waals surface area contributed by atoms with E-state index in [2.05, 4.69) is 15.4 Å². The fourth-order valence-electron chi connectivity index (χ4n) is 3.95. The van der Waals surface area contributed by atoms with Gasteiger partial charge in [-0.2, -0.15) is 13.2 Å². The Balaban J connectivity index is 1.96. The lowest BCUT2D eigenvalue weighted by atomic mass is 9.82. The van der Waals surface area contributed by atoms with Crippen molar-refractivity contribution in [2.24, 2.45) is 5.92 Å². The van der Waals surface area contributed by atoms with Gasteiger partial charge < -0.3 is 20.1 Å². The zero-order chi connectivity index (χ0) is 24.1. The van der Waals surface area contributed by atoms with Gasteiger partial charge in [0.25, 0.3) is 0 Å². The summed E-state index contributed by atoms with van der Waals surface area (Å²) in [4.78, 5) is 23.6. The van der Waals surface area contributed by atoms with Crippen molar-refractivity contribution in [1.29, 1.82) is 0 Å². The highest BCUT2D eigenvalue weighted by molar-refractivity contribution is 5.90. The number of halogens is 3. The molecular weight excluding hydrogens is 425 g/mol. The molecule has 0 heterocycles. The van der Waals surface area contributed by atoms with Crippen LogP contribution in [0.25, 0.3) is 0 Å². The van der Waals surface area contributed by atoms with E-state index < -0.39 is 23.3 Å². The molecule has 1 aromatic carbocycles. The van der Waals surface area contributed by atoms with E-state index in [-0.39, 0.29) is 41.8 Å². The number of anilines is 1. The third kappa shape index (κ3) is 7.69. The quantitative estimate of drug-likeness (QED) is 0.573. The Labute approximate surface area is 187 Å². The molecule has 0 radical (unpaired) electrons. The van der Waals surface area contributed by atoms with Gasteiger partial charge in [-0.3, -0.25) is 4.79 Å². The van der Waals surface area contributed by atoms with E-state index in [1.807, 2.05) is 27.7 Å². The molecule has 0 saturated heterocycles. The molecule has 0 aliphatic heterocycles. The average molecular weight is 459 g/mol. The lowest BCUT2D eigenvalue weighted by molar-refractivity contribution is -0.153. The number of hydrogen-bond acceptors (Lipinski definition) is 6. The molecule has 0 bridgehead atoms. The first-order chi connectivity index (χ1) is 14.8. The van der Waals surface area contributed by atoms with Crippen LogP contribution in [0.15, 0.2) is 18.2 Å². The Bertz CT molecular complexity index is 797. The monoisotopic (exact) mass is 458 g/mol. The Kier molecular flexibility index (Phi) is 8.56. The third-order valence-electron chi connectivity index (χ3n) is 5.56. The van der Waals surface area contributed by atoms with Gasteiger partial charge in [0.05, 0.1) is 24.8 Å². The lowest BCUT2D eigenvalue weighted by Crippen LogP contribution is -2.41. The first-order valence-electron chi connectivity index (χ1n) is 10.8. The molecule has 1 aliphatic carbocycles. The SMILES string of the molecule is COC(=O)c1ccc(C(F)(F)F)c(N[C@@H](C)C2CCC(NCC(=O)OC(C)(C)C)CC2)c1. The highest BCUT2D eigenvalue weighted by atomic mass is 19.4. The van der Waals surface area contributed by atoms with Crippen molar-refractivity contribution >= 4 is 17.6 Å². The molecule has 0 amide bonds. The fraction of sp³-hybridized carbons (Fsp3) is 0.652. The van der Waals surface area contributed by atoms with Crippen LogP contribution >= 0.6 is 0 Å². The van der Waals surface area contributed by atoms with Crippen LogP contribution in [0.3, 0.4) is 0 Å². The van der Waals surface area contributed by atoms with Gasteiger partial charge in [-0.25, -0.2) is 4.79 Å². The number of alkyl halides is 3. The summed E-state index contributed by atoms with van der Waals surface area (Å²) < 4.78 is 50.3. The summed E-state index contributed by atoms with van der Waals surface area (Å²) in [6, 6.07) is 3.15. The number of carbonyl (C=O) groups excluding carboxylic acids is 2. The topological polar surface area (TPSA) is 76.7 Å². The molecule has 1 aromatic rings. The van der Waals surface area contributed by atoms with E-state index >= 15 is 0 Å². The van der Waals surface area contributed by atoms with Crippen molar-refractivity contribution in [2.75, 3.05) is 19.0 Å². The van der Waals surface area contributed by atoms with Crippen molar-refractivity contribution in [3.63, 3.8) is 0 Å². The van der Waals surface area contributed by atoms with E-state index in [0.29, 0.717) is 0 Å². The number of methoxy groups -OCH3 is 1. The molecule has 6 nitrogen and oxygen atoms in total. The van der Waals surface area contributed by atoms with Crippen LogP contribution in [-0.4, -0.2) is 43.3 Å². The average Bonchev–Trinajstić information content (AvgIpc) is 2.69. The summed E-state index contributed by atoms with van der Waals surface area (Å²) in [5.74, 6) is -0.830.